The maximum absolute atomic E-state index is 10.9. The molecule has 22 heavy (non-hydrogen) atoms. The number of aromatic carboxylic acids is 1. The topological polar surface area (TPSA) is 66.8 Å². The van der Waals surface area contributed by atoms with Gasteiger partial charge < -0.3 is 14.9 Å². The zero-order chi connectivity index (χ0) is 15.9. The number of aryl methyl sites for hydroxylation is 1. The first-order chi connectivity index (χ1) is 10.6. The Balaban J connectivity index is 1.84. The summed E-state index contributed by atoms with van der Waals surface area (Å²) in [7, 11) is 0. The minimum absolute atomic E-state index is 0.155. The number of carbonyl (C=O) groups is 1. The molecule has 0 saturated heterocycles. The monoisotopic (exact) mass is 298 g/mol. The molecule has 0 aliphatic heterocycles. The number of benzene rings is 2. The molecule has 4 heteroatoms. The predicted molar refractivity (Wildman–Crippen MR) is 85.4 cm³/mol. The Bertz CT molecular complexity index is 659. The van der Waals surface area contributed by atoms with E-state index in [1.54, 1.807) is 12.1 Å². The molecule has 2 aromatic carbocycles. The van der Waals surface area contributed by atoms with Crippen molar-refractivity contribution in [1.82, 2.24) is 0 Å². The molecule has 0 aromatic heterocycles. The Morgan fingerprint density at radius 3 is 2.55 bits per heavy atom. The second-order valence-electron chi connectivity index (χ2n) is 4.88. The Kier molecular flexibility index (Phi) is 5.20. The van der Waals surface area contributed by atoms with Gasteiger partial charge in [-0.05, 0) is 42.2 Å². The molecule has 0 aliphatic carbocycles. The lowest BCUT2D eigenvalue weighted by Gasteiger charge is -2.08. The zero-order valence-electron chi connectivity index (χ0n) is 12.2. The lowest BCUT2D eigenvalue weighted by atomic mass is 10.1. The first-order valence-corrected chi connectivity index (χ1v) is 7.00. The number of ether oxygens (including phenoxy) is 1. The van der Waals surface area contributed by atoms with Gasteiger partial charge in [-0.15, -0.1) is 0 Å². The van der Waals surface area contributed by atoms with Gasteiger partial charge in [0.2, 0.25) is 0 Å². The van der Waals surface area contributed by atoms with E-state index in [1.807, 2.05) is 12.1 Å². The SMILES string of the molecule is C=Cc1ccc(CCCOc2ccc(O)c(C(=O)O)c2)cc1. The molecule has 0 amide bonds. The molecule has 2 aromatic rings. The lowest BCUT2D eigenvalue weighted by Crippen LogP contribution is -2.02. The third-order valence-corrected chi connectivity index (χ3v) is 3.29. The number of hydrogen-bond donors (Lipinski definition) is 2. The van der Waals surface area contributed by atoms with Crippen LogP contribution in [0.5, 0.6) is 11.5 Å². The summed E-state index contributed by atoms with van der Waals surface area (Å²) in [6, 6.07) is 12.4. The van der Waals surface area contributed by atoms with Gasteiger partial charge in [0, 0.05) is 0 Å². The normalized spacial score (nSPS) is 10.2. The van der Waals surface area contributed by atoms with E-state index in [9.17, 15) is 9.90 Å². The van der Waals surface area contributed by atoms with Crippen LogP contribution < -0.4 is 4.74 Å². The fraction of sp³-hybridized carbons (Fsp3) is 0.167. The van der Waals surface area contributed by atoms with Crippen LogP contribution in [-0.4, -0.2) is 22.8 Å². The molecule has 0 saturated carbocycles. The van der Waals surface area contributed by atoms with Gasteiger partial charge in [0.15, 0.2) is 0 Å². The Hall–Kier alpha value is -2.75. The van der Waals surface area contributed by atoms with Crippen molar-refractivity contribution in [2.45, 2.75) is 12.8 Å². The fourth-order valence-electron chi connectivity index (χ4n) is 2.06. The molecule has 4 nitrogen and oxygen atoms in total. The molecule has 0 fully saturated rings. The smallest absolute Gasteiger partial charge is 0.339 e. The molecule has 2 rings (SSSR count). The molecule has 114 valence electrons. The molecule has 0 aliphatic rings. The molecule has 2 N–H and O–H groups in total. The number of phenols is 1. The van der Waals surface area contributed by atoms with E-state index in [2.05, 4.69) is 18.7 Å². The van der Waals surface area contributed by atoms with Gasteiger partial charge in [-0.3, -0.25) is 0 Å². The van der Waals surface area contributed by atoms with Crippen molar-refractivity contribution < 1.29 is 19.7 Å². The van der Waals surface area contributed by atoms with Gasteiger partial charge >= 0.3 is 5.97 Å². The third kappa shape index (κ3) is 4.12. The first-order valence-electron chi connectivity index (χ1n) is 7.00. The van der Waals surface area contributed by atoms with Gasteiger partial charge in [-0.1, -0.05) is 36.9 Å². The summed E-state index contributed by atoms with van der Waals surface area (Å²) in [5.74, 6) is -0.996. The molecular formula is C18H18O4. The Morgan fingerprint density at radius 1 is 1.18 bits per heavy atom. The number of hydrogen-bond acceptors (Lipinski definition) is 3. The number of carboxylic acids is 1. The fourth-order valence-corrected chi connectivity index (χ4v) is 2.06. The number of aromatic hydroxyl groups is 1. The largest absolute Gasteiger partial charge is 0.507 e. The average molecular weight is 298 g/mol. The minimum atomic E-state index is -1.18. The van der Waals surface area contributed by atoms with Crippen molar-refractivity contribution in [3.05, 3.63) is 65.7 Å². The van der Waals surface area contributed by atoms with Gasteiger partial charge in [0.05, 0.1) is 6.61 Å². The van der Waals surface area contributed by atoms with Crippen LogP contribution in [0.25, 0.3) is 6.08 Å². The molecule has 0 heterocycles. The highest BCUT2D eigenvalue weighted by molar-refractivity contribution is 5.91. The van der Waals surface area contributed by atoms with Crippen molar-refractivity contribution in [2.24, 2.45) is 0 Å². The van der Waals surface area contributed by atoms with Crippen LogP contribution in [0.4, 0.5) is 0 Å². The molecule has 0 spiro atoms. The van der Waals surface area contributed by atoms with Crippen molar-refractivity contribution in [2.75, 3.05) is 6.61 Å². The predicted octanol–water partition coefficient (Wildman–Crippen LogP) is 3.75. The average Bonchev–Trinajstić information content (AvgIpc) is 2.53. The summed E-state index contributed by atoms with van der Waals surface area (Å²) in [6.07, 6.45) is 3.50. The highest BCUT2D eigenvalue weighted by Gasteiger charge is 2.10. The maximum atomic E-state index is 10.9. The number of rotatable bonds is 7. The van der Waals surface area contributed by atoms with Crippen LogP contribution in [-0.2, 0) is 6.42 Å². The van der Waals surface area contributed by atoms with Crippen LogP contribution >= 0.6 is 0 Å². The summed E-state index contributed by atoms with van der Waals surface area (Å²) in [5, 5.41) is 18.4. The lowest BCUT2D eigenvalue weighted by molar-refractivity contribution is 0.0693. The van der Waals surface area contributed by atoms with Gasteiger partial charge in [0.25, 0.3) is 0 Å². The van der Waals surface area contributed by atoms with Crippen molar-refractivity contribution in [3.63, 3.8) is 0 Å². The number of carboxylic acid groups (broad SMARTS) is 1. The first kappa shape index (κ1) is 15.6. The van der Waals surface area contributed by atoms with Crippen LogP contribution in [0.1, 0.15) is 27.9 Å². The molecule has 0 atom stereocenters. The van der Waals surface area contributed by atoms with Crippen molar-refractivity contribution in [3.8, 4) is 11.5 Å². The van der Waals surface area contributed by atoms with Gasteiger partial charge in [0.1, 0.15) is 17.1 Å². The van der Waals surface area contributed by atoms with E-state index in [0.29, 0.717) is 12.4 Å². The van der Waals surface area contributed by atoms with E-state index in [0.717, 1.165) is 18.4 Å². The van der Waals surface area contributed by atoms with Crippen LogP contribution in [0.3, 0.4) is 0 Å². The summed E-state index contributed by atoms with van der Waals surface area (Å²) in [4.78, 5) is 10.9. The van der Waals surface area contributed by atoms with E-state index in [-0.39, 0.29) is 11.3 Å². The quantitative estimate of drug-likeness (QED) is 0.764. The van der Waals surface area contributed by atoms with Crippen LogP contribution in [0.2, 0.25) is 0 Å². The van der Waals surface area contributed by atoms with Crippen molar-refractivity contribution in [1.29, 1.82) is 0 Å². The summed E-state index contributed by atoms with van der Waals surface area (Å²) in [6.45, 7) is 4.19. The van der Waals surface area contributed by atoms with Crippen molar-refractivity contribution >= 4 is 12.0 Å². The van der Waals surface area contributed by atoms with E-state index < -0.39 is 5.97 Å². The van der Waals surface area contributed by atoms with Crippen LogP contribution in [0, 0.1) is 0 Å². The third-order valence-electron chi connectivity index (χ3n) is 3.29. The minimum Gasteiger partial charge on any atom is -0.507 e. The summed E-state index contributed by atoms with van der Waals surface area (Å²) < 4.78 is 5.53. The summed E-state index contributed by atoms with van der Waals surface area (Å²) in [5.41, 5.74) is 2.15. The molecular weight excluding hydrogens is 280 g/mol. The second kappa shape index (κ2) is 7.31. The second-order valence-corrected chi connectivity index (χ2v) is 4.88. The summed E-state index contributed by atoms with van der Waals surface area (Å²) >= 11 is 0. The Morgan fingerprint density at radius 2 is 1.91 bits per heavy atom. The maximum Gasteiger partial charge on any atom is 0.339 e. The van der Waals surface area contributed by atoms with Gasteiger partial charge in [-0.2, -0.15) is 0 Å². The molecule has 0 radical (unpaired) electrons. The highest BCUT2D eigenvalue weighted by atomic mass is 16.5. The zero-order valence-corrected chi connectivity index (χ0v) is 12.2. The molecule has 0 bridgehead atoms. The highest BCUT2D eigenvalue weighted by Crippen LogP contribution is 2.23. The van der Waals surface area contributed by atoms with E-state index in [4.69, 9.17) is 9.84 Å². The van der Waals surface area contributed by atoms with E-state index in [1.165, 1.54) is 17.7 Å². The van der Waals surface area contributed by atoms with E-state index >= 15 is 0 Å². The Labute approximate surface area is 129 Å². The van der Waals surface area contributed by atoms with Gasteiger partial charge in [-0.25, -0.2) is 4.79 Å². The standard InChI is InChI=1S/C18H18O4/c1-2-13-5-7-14(8-6-13)4-3-11-22-15-9-10-17(19)16(12-15)18(20)21/h2,5-10,12,19H,1,3-4,11H2,(H,20,21). The van der Waals surface area contributed by atoms with Crippen LogP contribution in [0.15, 0.2) is 49.0 Å². The molecule has 0 unspecified atom stereocenters.